The van der Waals surface area contributed by atoms with E-state index < -0.39 is 0 Å². The average molecular weight is 491 g/mol. The van der Waals surface area contributed by atoms with Crippen LogP contribution in [-0.4, -0.2) is 69.4 Å². The van der Waals surface area contributed by atoms with Crippen LogP contribution in [-0.2, 0) is 18.3 Å². The van der Waals surface area contributed by atoms with Crippen LogP contribution in [0.3, 0.4) is 0 Å². The number of carbonyl (C=O) groups is 2. The molecule has 0 saturated carbocycles. The maximum absolute atomic E-state index is 13.1. The molecule has 2 amide bonds. The van der Waals surface area contributed by atoms with Crippen molar-refractivity contribution in [3.8, 4) is 0 Å². The van der Waals surface area contributed by atoms with Crippen LogP contribution in [0.2, 0.25) is 0 Å². The molecule has 1 aliphatic rings. The van der Waals surface area contributed by atoms with Crippen molar-refractivity contribution in [3.05, 3.63) is 59.8 Å². The van der Waals surface area contributed by atoms with Gasteiger partial charge in [-0.3, -0.25) is 14.3 Å². The Kier molecular flexibility index (Phi) is 7.69. The Morgan fingerprint density at radius 1 is 1.22 bits per heavy atom. The third kappa shape index (κ3) is 4.97. The van der Waals surface area contributed by atoms with E-state index in [1.807, 2.05) is 41.9 Å². The number of hydrogen-bond donors (Lipinski definition) is 1. The number of methoxy groups -OCH3 is 1. The highest BCUT2D eigenvalue weighted by molar-refractivity contribution is 6.00. The number of likely N-dealkylation sites (tertiary alicyclic amines) is 1. The first-order chi connectivity index (χ1) is 17.4. The molecule has 9 heteroatoms. The summed E-state index contributed by atoms with van der Waals surface area (Å²) in [6.45, 7) is 12.6. The number of ether oxygens (including phenoxy) is 1. The molecule has 0 unspecified atom stereocenters. The fourth-order valence-electron chi connectivity index (χ4n) is 4.82. The summed E-state index contributed by atoms with van der Waals surface area (Å²) in [4.78, 5) is 32.0. The van der Waals surface area contributed by atoms with Crippen molar-refractivity contribution in [2.24, 2.45) is 13.0 Å². The number of imidazole rings is 1. The van der Waals surface area contributed by atoms with Gasteiger partial charge in [-0.1, -0.05) is 13.2 Å². The molecule has 0 atom stereocenters. The first kappa shape index (κ1) is 25.4. The Morgan fingerprint density at radius 2 is 1.97 bits per heavy atom. The first-order valence-corrected chi connectivity index (χ1v) is 12.2. The number of piperidine rings is 1. The average Bonchev–Trinajstić information content (AvgIpc) is 3.44. The normalized spacial score (nSPS) is 14.2. The Bertz CT molecular complexity index is 1300. The number of benzene rings is 1. The van der Waals surface area contributed by atoms with E-state index in [2.05, 4.69) is 23.5 Å². The van der Waals surface area contributed by atoms with Crippen LogP contribution in [0.1, 0.15) is 50.8 Å². The first-order valence-electron chi connectivity index (χ1n) is 12.2. The summed E-state index contributed by atoms with van der Waals surface area (Å²) in [7, 11) is 3.44. The lowest BCUT2D eigenvalue weighted by molar-refractivity contribution is 0.0665. The van der Waals surface area contributed by atoms with Gasteiger partial charge in [-0.25, -0.2) is 4.98 Å². The summed E-state index contributed by atoms with van der Waals surface area (Å²) in [6, 6.07) is 3.72. The standard InChI is InChI=1S/C27H34N6O3/c1-6-22-24(7-2)31(4)25(29-22)27(35)32-13-10-19(11-14-32)16-33-17-21-18(3)20(8-9-23(21)30-33)26(34)28-12-15-36-5/h6-9,17,19H,1-2,10-16H2,3-5H3,(H,28,34). The number of rotatable bonds is 9. The van der Waals surface area contributed by atoms with Gasteiger partial charge in [0.1, 0.15) is 0 Å². The minimum Gasteiger partial charge on any atom is -0.383 e. The van der Waals surface area contributed by atoms with E-state index in [0.717, 1.165) is 41.5 Å². The molecule has 0 bridgehead atoms. The second kappa shape index (κ2) is 10.9. The van der Waals surface area contributed by atoms with Gasteiger partial charge in [-0.05, 0) is 55.5 Å². The lowest BCUT2D eigenvalue weighted by atomic mass is 9.97. The van der Waals surface area contributed by atoms with E-state index in [4.69, 9.17) is 9.84 Å². The third-order valence-electron chi connectivity index (χ3n) is 6.94. The van der Waals surface area contributed by atoms with Crippen LogP contribution in [0.5, 0.6) is 0 Å². The Hall–Kier alpha value is -3.72. The molecule has 1 aliphatic heterocycles. The zero-order valence-corrected chi connectivity index (χ0v) is 21.3. The number of nitrogens with zero attached hydrogens (tertiary/aromatic N) is 5. The highest BCUT2D eigenvalue weighted by Gasteiger charge is 2.27. The van der Waals surface area contributed by atoms with Crippen LogP contribution < -0.4 is 5.32 Å². The van der Waals surface area contributed by atoms with E-state index >= 15 is 0 Å². The predicted octanol–water partition coefficient (Wildman–Crippen LogP) is 3.29. The lowest BCUT2D eigenvalue weighted by Crippen LogP contribution is -2.40. The summed E-state index contributed by atoms with van der Waals surface area (Å²) in [6.07, 6.45) is 7.14. The van der Waals surface area contributed by atoms with E-state index in [9.17, 15) is 9.59 Å². The Balaban J connectivity index is 1.40. The third-order valence-corrected chi connectivity index (χ3v) is 6.94. The van der Waals surface area contributed by atoms with E-state index in [0.29, 0.717) is 49.2 Å². The number of carbonyl (C=O) groups excluding carboxylic acids is 2. The molecule has 2 aromatic heterocycles. The molecule has 3 heterocycles. The molecular formula is C27H34N6O3. The van der Waals surface area contributed by atoms with Crippen molar-refractivity contribution < 1.29 is 14.3 Å². The zero-order valence-electron chi connectivity index (χ0n) is 21.3. The molecule has 3 aromatic rings. The van der Waals surface area contributed by atoms with Gasteiger partial charge < -0.3 is 19.5 Å². The van der Waals surface area contributed by atoms with Crippen LogP contribution in [0, 0.1) is 12.8 Å². The van der Waals surface area contributed by atoms with Crippen molar-refractivity contribution in [1.29, 1.82) is 0 Å². The van der Waals surface area contributed by atoms with Gasteiger partial charge in [0, 0.05) is 57.5 Å². The molecule has 0 spiro atoms. The SMILES string of the molecule is C=Cc1nc(C(=O)N2CCC(Cn3cc4c(C)c(C(=O)NCCOC)ccc4n3)CC2)n(C)c1C=C. The van der Waals surface area contributed by atoms with Gasteiger partial charge in [-0.15, -0.1) is 0 Å². The summed E-state index contributed by atoms with van der Waals surface area (Å²) >= 11 is 0. The van der Waals surface area contributed by atoms with Crippen LogP contribution in [0.15, 0.2) is 31.5 Å². The fourth-order valence-corrected chi connectivity index (χ4v) is 4.82. The number of fused-ring (bicyclic) bond motifs is 1. The molecule has 1 N–H and O–H groups in total. The maximum Gasteiger partial charge on any atom is 0.289 e. The van der Waals surface area contributed by atoms with Gasteiger partial charge in [0.2, 0.25) is 0 Å². The smallest absolute Gasteiger partial charge is 0.289 e. The van der Waals surface area contributed by atoms with E-state index in [1.54, 1.807) is 23.8 Å². The molecular weight excluding hydrogens is 456 g/mol. The predicted molar refractivity (Wildman–Crippen MR) is 141 cm³/mol. The summed E-state index contributed by atoms with van der Waals surface area (Å²) in [5.74, 6) is 0.650. The molecule has 4 rings (SSSR count). The summed E-state index contributed by atoms with van der Waals surface area (Å²) < 4.78 is 8.76. The van der Waals surface area contributed by atoms with Crippen molar-refractivity contribution >= 4 is 34.9 Å². The van der Waals surface area contributed by atoms with Gasteiger partial charge in [0.05, 0.1) is 23.5 Å². The number of aromatic nitrogens is 4. The molecule has 9 nitrogen and oxygen atoms in total. The quantitative estimate of drug-likeness (QED) is 0.465. The molecule has 1 saturated heterocycles. The van der Waals surface area contributed by atoms with Crippen LogP contribution >= 0.6 is 0 Å². The van der Waals surface area contributed by atoms with Gasteiger partial charge in [-0.2, -0.15) is 5.10 Å². The van der Waals surface area contributed by atoms with Crippen molar-refractivity contribution in [2.75, 3.05) is 33.4 Å². The van der Waals surface area contributed by atoms with Gasteiger partial charge in [0.25, 0.3) is 11.8 Å². The van der Waals surface area contributed by atoms with Crippen LogP contribution in [0.25, 0.3) is 23.1 Å². The molecule has 36 heavy (non-hydrogen) atoms. The number of amides is 2. The highest BCUT2D eigenvalue weighted by atomic mass is 16.5. The van der Waals surface area contributed by atoms with E-state index in [1.165, 1.54) is 0 Å². The summed E-state index contributed by atoms with van der Waals surface area (Å²) in [5.41, 5.74) is 3.90. The number of hydrogen-bond acceptors (Lipinski definition) is 5. The van der Waals surface area contributed by atoms with E-state index in [-0.39, 0.29) is 11.8 Å². The molecule has 190 valence electrons. The van der Waals surface area contributed by atoms with Gasteiger partial charge in [0.15, 0.2) is 5.82 Å². The Labute approximate surface area is 211 Å². The number of aryl methyl sites for hydroxylation is 1. The highest BCUT2D eigenvalue weighted by Crippen LogP contribution is 2.25. The Morgan fingerprint density at radius 3 is 2.61 bits per heavy atom. The largest absolute Gasteiger partial charge is 0.383 e. The molecule has 1 fully saturated rings. The number of nitrogens with one attached hydrogen (secondary N) is 1. The fraction of sp³-hybridized carbons (Fsp3) is 0.407. The van der Waals surface area contributed by atoms with Gasteiger partial charge >= 0.3 is 0 Å². The minimum absolute atomic E-state index is 0.0658. The van der Waals surface area contributed by atoms with Crippen molar-refractivity contribution in [1.82, 2.24) is 29.5 Å². The zero-order chi connectivity index (χ0) is 25.8. The minimum atomic E-state index is -0.107. The monoisotopic (exact) mass is 490 g/mol. The lowest BCUT2D eigenvalue weighted by Gasteiger charge is -2.31. The maximum atomic E-state index is 13.1. The molecule has 0 radical (unpaired) electrons. The molecule has 1 aromatic carbocycles. The van der Waals surface area contributed by atoms with Crippen molar-refractivity contribution in [3.63, 3.8) is 0 Å². The summed E-state index contributed by atoms with van der Waals surface area (Å²) in [5, 5.41) is 8.60. The second-order valence-corrected chi connectivity index (χ2v) is 9.18. The second-order valence-electron chi connectivity index (χ2n) is 9.18. The topological polar surface area (TPSA) is 94.3 Å². The van der Waals surface area contributed by atoms with Crippen molar-refractivity contribution in [2.45, 2.75) is 26.3 Å². The van der Waals surface area contributed by atoms with Crippen LogP contribution in [0.4, 0.5) is 0 Å². The molecule has 0 aliphatic carbocycles.